The molecular weight excluding hydrogens is 463 g/mol. The number of nitrogens with zero attached hydrogens (tertiary/aromatic N) is 3. The Labute approximate surface area is 208 Å². The number of halogens is 1. The zero-order valence-corrected chi connectivity index (χ0v) is 20.1. The normalized spacial score (nSPS) is 15.8. The van der Waals surface area contributed by atoms with Gasteiger partial charge in [-0.25, -0.2) is 4.39 Å². The number of nitrogens with one attached hydrogen (secondary N) is 1. The zero-order chi connectivity index (χ0) is 24.4. The minimum atomic E-state index is -0.362. The Morgan fingerprint density at radius 3 is 2.54 bits per heavy atom. The SMILES string of the molecule is COc1ccc(C2NC(=S)N(Cc3ccccc3)C(C)=C2c2nc(-c3cccc(F)c3)no2)cc1. The predicted octanol–water partition coefficient (Wildman–Crippen LogP) is 5.75. The van der Waals surface area contributed by atoms with Crippen LogP contribution in [0.5, 0.6) is 5.75 Å². The van der Waals surface area contributed by atoms with Crippen LogP contribution < -0.4 is 10.1 Å². The van der Waals surface area contributed by atoms with Gasteiger partial charge in [0.1, 0.15) is 11.6 Å². The molecule has 0 bridgehead atoms. The fraction of sp³-hybridized carbons (Fsp3) is 0.148. The fourth-order valence-electron chi connectivity index (χ4n) is 4.14. The standard InChI is InChI=1S/C27H23FN4O2S/c1-17-23(26-30-25(31-34-26)20-9-6-10-21(28)15-20)24(19-11-13-22(33-2)14-12-19)29-27(35)32(17)16-18-7-4-3-5-8-18/h3-15,24H,16H2,1-2H3,(H,29,35). The molecule has 1 unspecified atom stereocenters. The molecule has 1 aromatic heterocycles. The predicted molar refractivity (Wildman–Crippen MR) is 136 cm³/mol. The van der Waals surface area contributed by atoms with Crippen molar-refractivity contribution in [2.24, 2.45) is 0 Å². The summed E-state index contributed by atoms with van der Waals surface area (Å²) in [7, 11) is 1.63. The molecular formula is C27H23FN4O2S. The Morgan fingerprint density at radius 1 is 1.06 bits per heavy atom. The van der Waals surface area contributed by atoms with Crippen molar-refractivity contribution in [3.05, 3.63) is 107 Å². The fourth-order valence-corrected chi connectivity index (χ4v) is 4.46. The molecule has 5 rings (SSSR count). The lowest BCUT2D eigenvalue weighted by atomic mass is 9.94. The van der Waals surface area contributed by atoms with E-state index in [-0.39, 0.29) is 11.9 Å². The average Bonchev–Trinajstić information content (AvgIpc) is 3.37. The molecule has 2 heterocycles. The number of thiocarbonyl (C=S) groups is 1. The summed E-state index contributed by atoms with van der Waals surface area (Å²) in [6.45, 7) is 2.58. The van der Waals surface area contributed by atoms with Gasteiger partial charge in [0.15, 0.2) is 5.11 Å². The van der Waals surface area contributed by atoms with Gasteiger partial charge in [-0.05, 0) is 54.5 Å². The molecule has 0 aliphatic carbocycles. The number of hydrogen-bond acceptors (Lipinski definition) is 5. The first kappa shape index (κ1) is 22.7. The smallest absolute Gasteiger partial charge is 0.258 e. The second kappa shape index (κ2) is 9.68. The van der Waals surface area contributed by atoms with E-state index in [2.05, 4.69) is 27.6 Å². The van der Waals surface area contributed by atoms with Crippen molar-refractivity contribution in [3.8, 4) is 17.1 Å². The van der Waals surface area contributed by atoms with E-state index in [1.165, 1.54) is 12.1 Å². The minimum Gasteiger partial charge on any atom is -0.497 e. The highest BCUT2D eigenvalue weighted by Gasteiger charge is 2.34. The lowest BCUT2D eigenvalue weighted by Crippen LogP contribution is -2.45. The molecule has 0 fully saturated rings. The monoisotopic (exact) mass is 486 g/mol. The maximum atomic E-state index is 13.8. The van der Waals surface area contributed by atoms with Gasteiger partial charge < -0.3 is 19.5 Å². The summed E-state index contributed by atoms with van der Waals surface area (Å²) in [6, 6.07) is 23.6. The van der Waals surface area contributed by atoms with Gasteiger partial charge in [0.05, 0.1) is 18.7 Å². The van der Waals surface area contributed by atoms with Crippen LogP contribution in [-0.4, -0.2) is 27.3 Å². The van der Waals surface area contributed by atoms with Crippen molar-refractivity contribution in [3.63, 3.8) is 0 Å². The second-order valence-electron chi connectivity index (χ2n) is 8.16. The average molecular weight is 487 g/mol. The molecule has 35 heavy (non-hydrogen) atoms. The van der Waals surface area contributed by atoms with Crippen molar-refractivity contribution in [1.29, 1.82) is 0 Å². The summed E-state index contributed by atoms with van der Waals surface area (Å²) in [4.78, 5) is 6.65. The summed E-state index contributed by atoms with van der Waals surface area (Å²) < 4.78 is 24.8. The summed E-state index contributed by atoms with van der Waals surface area (Å²) in [6.07, 6.45) is 0. The second-order valence-corrected chi connectivity index (χ2v) is 8.55. The van der Waals surface area contributed by atoms with Gasteiger partial charge in [-0.2, -0.15) is 4.98 Å². The first-order valence-corrected chi connectivity index (χ1v) is 11.5. The van der Waals surface area contributed by atoms with E-state index in [4.69, 9.17) is 21.5 Å². The number of ether oxygens (including phenoxy) is 1. The number of benzene rings is 3. The topological polar surface area (TPSA) is 63.4 Å². The minimum absolute atomic E-state index is 0.316. The summed E-state index contributed by atoms with van der Waals surface area (Å²) >= 11 is 5.78. The highest BCUT2D eigenvalue weighted by Crippen LogP contribution is 2.38. The Bertz CT molecular complexity index is 1390. The van der Waals surface area contributed by atoms with E-state index in [1.54, 1.807) is 19.2 Å². The van der Waals surface area contributed by atoms with Crippen LogP contribution in [0.3, 0.4) is 0 Å². The number of aromatic nitrogens is 2. The molecule has 0 radical (unpaired) electrons. The van der Waals surface area contributed by atoms with Crippen LogP contribution in [-0.2, 0) is 6.54 Å². The van der Waals surface area contributed by atoms with E-state index < -0.39 is 0 Å². The largest absolute Gasteiger partial charge is 0.497 e. The number of hydrogen-bond donors (Lipinski definition) is 1. The van der Waals surface area contributed by atoms with Gasteiger partial charge in [-0.3, -0.25) is 0 Å². The molecule has 1 atom stereocenters. The first-order valence-electron chi connectivity index (χ1n) is 11.1. The van der Waals surface area contributed by atoms with E-state index in [0.29, 0.717) is 28.9 Å². The molecule has 8 heteroatoms. The molecule has 0 amide bonds. The molecule has 1 N–H and O–H groups in total. The Morgan fingerprint density at radius 2 is 1.83 bits per heavy atom. The molecule has 1 aliphatic rings. The van der Waals surface area contributed by atoms with Gasteiger partial charge in [-0.15, -0.1) is 0 Å². The molecule has 3 aromatic carbocycles. The lowest BCUT2D eigenvalue weighted by Gasteiger charge is -2.37. The lowest BCUT2D eigenvalue weighted by molar-refractivity contribution is 0.396. The van der Waals surface area contributed by atoms with Crippen molar-refractivity contribution < 1.29 is 13.7 Å². The summed E-state index contributed by atoms with van der Waals surface area (Å²) in [5.41, 5.74) is 4.32. The molecule has 176 valence electrons. The van der Waals surface area contributed by atoms with Gasteiger partial charge in [0, 0.05) is 17.8 Å². The first-order chi connectivity index (χ1) is 17.0. The number of allylic oxidation sites excluding steroid dienone is 1. The van der Waals surface area contributed by atoms with Crippen molar-refractivity contribution in [2.75, 3.05) is 7.11 Å². The van der Waals surface area contributed by atoms with Crippen LogP contribution in [0.1, 0.15) is 30.0 Å². The number of methoxy groups -OCH3 is 1. The Kier molecular flexibility index (Phi) is 6.29. The molecule has 0 saturated carbocycles. The molecule has 1 aliphatic heterocycles. The Hall–Kier alpha value is -4.04. The van der Waals surface area contributed by atoms with Crippen molar-refractivity contribution >= 4 is 22.9 Å². The zero-order valence-electron chi connectivity index (χ0n) is 19.2. The molecule has 6 nitrogen and oxygen atoms in total. The van der Waals surface area contributed by atoms with Crippen LogP contribution in [0.4, 0.5) is 4.39 Å². The molecule has 4 aromatic rings. The van der Waals surface area contributed by atoms with Crippen LogP contribution in [0.25, 0.3) is 17.0 Å². The Balaban J connectivity index is 1.59. The van der Waals surface area contributed by atoms with Gasteiger partial charge in [0.2, 0.25) is 5.82 Å². The highest BCUT2D eigenvalue weighted by atomic mass is 32.1. The third-order valence-electron chi connectivity index (χ3n) is 5.97. The summed E-state index contributed by atoms with van der Waals surface area (Å²) in [5, 5.41) is 8.18. The van der Waals surface area contributed by atoms with Gasteiger partial charge >= 0.3 is 0 Å². The maximum absolute atomic E-state index is 13.8. The third kappa shape index (κ3) is 4.65. The molecule has 0 saturated heterocycles. The van der Waals surface area contributed by atoms with E-state index in [1.807, 2.05) is 54.3 Å². The van der Waals surface area contributed by atoms with E-state index in [0.717, 1.165) is 28.1 Å². The van der Waals surface area contributed by atoms with Gasteiger partial charge in [0.25, 0.3) is 5.89 Å². The van der Waals surface area contributed by atoms with Crippen LogP contribution in [0.15, 0.2) is 89.1 Å². The van der Waals surface area contributed by atoms with Gasteiger partial charge in [-0.1, -0.05) is 59.8 Å². The maximum Gasteiger partial charge on any atom is 0.258 e. The third-order valence-corrected chi connectivity index (χ3v) is 6.31. The quantitative estimate of drug-likeness (QED) is 0.348. The highest BCUT2D eigenvalue weighted by molar-refractivity contribution is 7.80. The van der Waals surface area contributed by atoms with E-state index >= 15 is 0 Å². The van der Waals surface area contributed by atoms with E-state index in [9.17, 15) is 4.39 Å². The van der Waals surface area contributed by atoms with Crippen LogP contribution in [0, 0.1) is 5.82 Å². The summed E-state index contributed by atoms with van der Waals surface area (Å²) in [5.74, 6) is 1.05. The molecule has 0 spiro atoms. The van der Waals surface area contributed by atoms with Crippen molar-refractivity contribution in [1.82, 2.24) is 20.4 Å². The van der Waals surface area contributed by atoms with Crippen molar-refractivity contribution in [2.45, 2.75) is 19.5 Å². The van der Waals surface area contributed by atoms with Crippen LogP contribution in [0.2, 0.25) is 0 Å². The van der Waals surface area contributed by atoms with Crippen LogP contribution >= 0.6 is 12.2 Å². The number of rotatable bonds is 6.